The van der Waals surface area contributed by atoms with Gasteiger partial charge in [0.1, 0.15) is 0 Å². The number of carbonyl (C=O) groups is 1. The van der Waals surface area contributed by atoms with Crippen molar-refractivity contribution in [3.8, 4) is 11.5 Å². The van der Waals surface area contributed by atoms with Crippen LogP contribution in [0.2, 0.25) is 0 Å². The van der Waals surface area contributed by atoms with Crippen molar-refractivity contribution in [2.45, 2.75) is 45.4 Å². The van der Waals surface area contributed by atoms with Gasteiger partial charge in [0, 0.05) is 28.3 Å². The van der Waals surface area contributed by atoms with Gasteiger partial charge in [0.25, 0.3) is 0 Å². The van der Waals surface area contributed by atoms with Crippen LogP contribution in [0.4, 0.5) is 5.69 Å². The lowest BCUT2D eigenvalue weighted by Crippen LogP contribution is -2.38. The fourth-order valence-corrected chi connectivity index (χ4v) is 8.03. The van der Waals surface area contributed by atoms with E-state index in [0.717, 1.165) is 10.2 Å². The molecule has 2 atom stereocenters. The SMILES string of the molecule is CCOc1cc(Br)c(N2C(=NC(=O)CC(C)C)S[C@@H]3CS(=O)(=O)C[C@H]32)cc1OCC. The first-order valence-electron chi connectivity index (χ1n) is 10.0. The summed E-state index contributed by atoms with van der Waals surface area (Å²) in [6.07, 6.45) is 0.347. The van der Waals surface area contributed by atoms with Gasteiger partial charge < -0.3 is 14.4 Å². The molecule has 1 aromatic rings. The number of sulfone groups is 1. The van der Waals surface area contributed by atoms with E-state index in [2.05, 4.69) is 20.9 Å². The van der Waals surface area contributed by atoms with Crippen molar-refractivity contribution in [2.75, 3.05) is 29.6 Å². The van der Waals surface area contributed by atoms with Crippen molar-refractivity contribution in [2.24, 2.45) is 10.9 Å². The zero-order chi connectivity index (χ0) is 22.1. The van der Waals surface area contributed by atoms with Crippen molar-refractivity contribution < 1.29 is 22.7 Å². The third-order valence-electron chi connectivity index (χ3n) is 4.74. The molecule has 0 bridgehead atoms. The van der Waals surface area contributed by atoms with Gasteiger partial charge in [0.2, 0.25) is 5.91 Å². The Bertz CT molecular complexity index is 949. The second-order valence-corrected chi connectivity index (χ2v) is 11.9. The lowest BCUT2D eigenvalue weighted by atomic mass is 10.1. The fraction of sp³-hybridized carbons (Fsp3) is 0.600. The molecule has 166 valence electrons. The highest BCUT2D eigenvalue weighted by atomic mass is 79.9. The minimum absolute atomic E-state index is 0.0334. The summed E-state index contributed by atoms with van der Waals surface area (Å²) in [7, 11) is -3.14. The van der Waals surface area contributed by atoms with Gasteiger partial charge in [-0.2, -0.15) is 4.99 Å². The second kappa shape index (κ2) is 9.48. The van der Waals surface area contributed by atoms with Crippen LogP contribution >= 0.6 is 27.7 Å². The van der Waals surface area contributed by atoms with Crippen LogP contribution in [0.15, 0.2) is 21.6 Å². The highest BCUT2D eigenvalue weighted by Gasteiger charge is 2.50. The first-order chi connectivity index (χ1) is 14.1. The molecular formula is C20H27BrN2O5S2. The van der Waals surface area contributed by atoms with Gasteiger partial charge in [0.05, 0.1) is 36.4 Å². The average Bonchev–Trinajstić information content (AvgIpc) is 3.08. The van der Waals surface area contributed by atoms with E-state index in [1.807, 2.05) is 44.7 Å². The molecule has 10 heteroatoms. The van der Waals surface area contributed by atoms with E-state index >= 15 is 0 Å². The number of hydrogen-bond donors (Lipinski definition) is 0. The van der Waals surface area contributed by atoms with E-state index in [9.17, 15) is 13.2 Å². The molecule has 0 aromatic heterocycles. The quantitative estimate of drug-likeness (QED) is 0.540. The molecule has 0 N–H and O–H groups in total. The minimum Gasteiger partial charge on any atom is -0.490 e. The van der Waals surface area contributed by atoms with E-state index in [4.69, 9.17) is 9.47 Å². The summed E-state index contributed by atoms with van der Waals surface area (Å²) >= 11 is 4.96. The Morgan fingerprint density at radius 2 is 1.87 bits per heavy atom. The van der Waals surface area contributed by atoms with Gasteiger partial charge in [-0.3, -0.25) is 4.79 Å². The Morgan fingerprint density at radius 3 is 2.47 bits per heavy atom. The Hall–Kier alpha value is -1.26. The molecule has 0 unspecified atom stereocenters. The van der Waals surface area contributed by atoms with E-state index < -0.39 is 9.84 Å². The predicted octanol–water partition coefficient (Wildman–Crippen LogP) is 3.89. The maximum Gasteiger partial charge on any atom is 0.248 e. The molecule has 0 aliphatic carbocycles. The molecule has 1 amide bonds. The first-order valence-corrected chi connectivity index (χ1v) is 13.5. The molecule has 7 nitrogen and oxygen atoms in total. The maximum absolute atomic E-state index is 12.4. The van der Waals surface area contributed by atoms with Gasteiger partial charge in [-0.15, -0.1) is 0 Å². The lowest BCUT2D eigenvalue weighted by Gasteiger charge is -2.27. The smallest absolute Gasteiger partial charge is 0.248 e. The number of rotatable bonds is 7. The summed E-state index contributed by atoms with van der Waals surface area (Å²) in [5, 5.41) is 0.382. The molecule has 2 heterocycles. The molecule has 3 rings (SSSR count). The van der Waals surface area contributed by atoms with Crippen LogP contribution in [0.5, 0.6) is 11.5 Å². The molecular weight excluding hydrogens is 492 g/mol. The van der Waals surface area contributed by atoms with Gasteiger partial charge in [0.15, 0.2) is 26.5 Å². The Labute approximate surface area is 190 Å². The van der Waals surface area contributed by atoms with Gasteiger partial charge >= 0.3 is 0 Å². The summed E-state index contributed by atoms with van der Waals surface area (Å²) in [5.41, 5.74) is 0.718. The fourth-order valence-electron chi connectivity index (χ4n) is 3.59. The highest BCUT2D eigenvalue weighted by molar-refractivity contribution is 9.10. The Morgan fingerprint density at radius 1 is 1.23 bits per heavy atom. The normalized spacial score (nSPS) is 23.8. The lowest BCUT2D eigenvalue weighted by molar-refractivity contribution is -0.118. The molecule has 30 heavy (non-hydrogen) atoms. The van der Waals surface area contributed by atoms with Crippen LogP contribution in [0.25, 0.3) is 0 Å². The number of halogens is 1. The van der Waals surface area contributed by atoms with Crippen molar-refractivity contribution in [3.63, 3.8) is 0 Å². The van der Waals surface area contributed by atoms with E-state index in [0.29, 0.717) is 36.3 Å². The summed E-state index contributed by atoms with van der Waals surface area (Å²) in [6, 6.07) is 3.36. The average molecular weight is 519 g/mol. The largest absolute Gasteiger partial charge is 0.490 e. The van der Waals surface area contributed by atoms with Crippen molar-refractivity contribution in [3.05, 3.63) is 16.6 Å². The van der Waals surface area contributed by atoms with E-state index in [1.165, 1.54) is 11.8 Å². The first kappa shape index (κ1) is 23.4. The zero-order valence-corrected chi connectivity index (χ0v) is 20.8. The minimum atomic E-state index is -3.14. The van der Waals surface area contributed by atoms with E-state index in [1.54, 1.807) is 0 Å². The Balaban J connectivity index is 2.07. The number of anilines is 1. The van der Waals surface area contributed by atoms with Crippen LogP contribution in [0, 0.1) is 5.92 Å². The number of nitrogens with zero attached hydrogens (tertiary/aromatic N) is 2. The number of ether oxygens (including phenoxy) is 2. The topological polar surface area (TPSA) is 85.3 Å². The molecule has 2 saturated heterocycles. The van der Waals surface area contributed by atoms with Gasteiger partial charge in [-0.1, -0.05) is 25.6 Å². The molecule has 0 radical (unpaired) electrons. The number of fused-ring (bicyclic) bond motifs is 1. The van der Waals surface area contributed by atoms with E-state index in [-0.39, 0.29) is 34.6 Å². The van der Waals surface area contributed by atoms with Gasteiger partial charge in [-0.05, 0) is 35.7 Å². The summed E-state index contributed by atoms with van der Waals surface area (Å²) in [6.45, 7) is 8.68. The summed E-state index contributed by atoms with van der Waals surface area (Å²) in [4.78, 5) is 18.7. The third kappa shape index (κ3) is 5.13. The standard InChI is InChI=1S/C20H27BrN2O5S2/c1-5-27-16-8-13(21)14(9-17(16)28-6-2)23-15-10-30(25,26)11-18(15)29-20(23)22-19(24)7-12(3)4/h8-9,12,15,18H,5-7,10-11H2,1-4H3/t15-,18-/m1/s1. The van der Waals surface area contributed by atoms with Crippen LogP contribution in [-0.4, -0.2) is 55.5 Å². The van der Waals surface area contributed by atoms with Crippen molar-refractivity contribution in [1.82, 2.24) is 0 Å². The summed E-state index contributed by atoms with van der Waals surface area (Å²) < 4.78 is 36.7. The number of amidine groups is 1. The van der Waals surface area contributed by atoms with Crippen molar-refractivity contribution in [1.29, 1.82) is 0 Å². The monoisotopic (exact) mass is 518 g/mol. The maximum atomic E-state index is 12.4. The van der Waals surface area contributed by atoms with Crippen LogP contribution in [-0.2, 0) is 14.6 Å². The van der Waals surface area contributed by atoms with Crippen LogP contribution in [0.1, 0.15) is 34.1 Å². The van der Waals surface area contributed by atoms with Crippen LogP contribution < -0.4 is 14.4 Å². The second-order valence-electron chi connectivity index (χ2n) is 7.67. The predicted molar refractivity (Wildman–Crippen MR) is 125 cm³/mol. The number of aliphatic imine (C=N–C) groups is 1. The number of benzene rings is 1. The number of thioether (sulfide) groups is 1. The third-order valence-corrected chi connectivity index (χ3v) is 8.59. The summed E-state index contributed by atoms with van der Waals surface area (Å²) in [5.74, 6) is 1.29. The van der Waals surface area contributed by atoms with Crippen LogP contribution in [0.3, 0.4) is 0 Å². The molecule has 2 fully saturated rings. The molecule has 2 aliphatic rings. The zero-order valence-electron chi connectivity index (χ0n) is 17.6. The number of amides is 1. The molecule has 2 aliphatic heterocycles. The van der Waals surface area contributed by atoms with Gasteiger partial charge in [-0.25, -0.2) is 8.42 Å². The highest BCUT2D eigenvalue weighted by Crippen LogP contribution is 2.46. The molecule has 1 aromatic carbocycles. The van der Waals surface area contributed by atoms with Crippen molar-refractivity contribution >= 4 is 54.3 Å². The molecule has 0 saturated carbocycles. The molecule has 0 spiro atoms. The number of carbonyl (C=O) groups excluding carboxylic acids is 1. The number of hydrogen-bond acceptors (Lipinski definition) is 6. The Kier molecular flexibility index (Phi) is 7.40.